The van der Waals surface area contributed by atoms with E-state index in [4.69, 9.17) is 5.73 Å². The monoisotopic (exact) mass is 221 g/mol. The molecule has 0 radical (unpaired) electrons. The van der Waals surface area contributed by atoms with Gasteiger partial charge in [0, 0.05) is 29.9 Å². The lowest BCUT2D eigenvalue weighted by molar-refractivity contribution is 0.182. The van der Waals surface area contributed by atoms with Gasteiger partial charge in [-0.2, -0.15) is 0 Å². The predicted octanol–water partition coefficient (Wildman–Crippen LogP) is 1.20. The summed E-state index contributed by atoms with van der Waals surface area (Å²) in [6, 6.07) is 3.77. The van der Waals surface area contributed by atoms with Crippen molar-refractivity contribution < 1.29 is 5.11 Å². The highest BCUT2D eigenvalue weighted by molar-refractivity contribution is 7.13. The number of aliphatic hydroxyl groups excluding tert-OH is 1. The lowest BCUT2D eigenvalue weighted by Gasteiger charge is -2.01. The van der Waals surface area contributed by atoms with Crippen molar-refractivity contribution >= 4 is 11.3 Å². The minimum atomic E-state index is -0.670. The summed E-state index contributed by atoms with van der Waals surface area (Å²) in [6.07, 6.45) is 2.77. The molecule has 1 atom stereocenters. The number of nitrogens with two attached hydrogens (primary N) is 1. The summed E-state index contributed by atoms with van der Waals surface area (Å²) in [4.78, 5) is 8.25. The average molecular weight is 221 g/mol. The van der Waals surface area contributed by atoms with Gasteiger partial charge in [0.05, 0.1) is 5.69 Å². The molecule has 4 nitrogen and oxygen atoms in total. The van der Waals surface area contributed by atoms with Crippen LogP contribution in [0.2, 0.25) is 0 Å². The fourth-order valence-electron chi connectivity index (χ4n) is 1.19. The molecule has 1 unspecified atom stereocenters. The fraction of sp³-hybridized carbons (Fsp3) is 0.200. The second kappa shape index (κ2) is 4.48. The van der Waals surface area contributed by atoms with Crippen molar-refractivity contribution in [3.8, 4) is 10.6 Å². The molecule has 0 fully saturated rings. The van der Waals surface area contributed by atoms with E-state index in [0.29, 0.717) is 5.69 Å². The second-order valence-electron chi connectivity index (χ2n) is 3.06. The van der Waals surface area contributed by atoms with Crippen LogP contribution in [0.25, 0.3) is 10.6 Å². The minimum absolute atomic E-state index is 0.194. The van der Waals surface area contributed by atoms with Crippen LogP contribution >= 0.6 is 11.3 Å². The topological polar surface area (TPSA) is 72.0 Å². The lowest BCUT2D eigenvalue weighted by Crippen LogP contribution is -2.11. The van der Waals surface area contributed by atoms with E-state index in [1.165, 1.54) is 11.3 Å². The molecule has 0 aliphatic heterocycles. The van der Waals surface area contributed by atoms with Crippen LogP contribution in [0.1, 0.15) is 11.8 Å². The molecule has 2 heterocycles. The van der Waals surface area contributed by atoms with Crippen molar-refractivity contribution in [2.75, 3.05) is 6.54 Å². The highest BCUT2D eigenvalue weighted by Gasteiger charge is 2.10. The number of nitrogens with zero attached hydrogens (tertiary/aromatic N) is 2. The van der Waals surface area contributed by atoms with Gasteiger partial charge >= 0.3 is 0 Å². The van der Waals surface area contributed by atoms with E-state index in [0.717, 1.165) is 10.6 Å². The maximum atomic E-state index is 9.50. The number of aliphatic hydroxyl groups is 1. The quantitative estimate of drug-likeness (QED) is 0.816. The Labute approximate surface area is 91.4 Å². The standard InChI is InChI=1S/C10H11N3OS/c11-5-9(14)8-6-15-10(13-8)7-1-3-12-4-2-7/h1-4,6,9,14H,5,11H2. The van der Waals surface area contributed by atoms with Crippen LogP contribution < -0.4 is 5.73 Å². The Morgan fingerprint density at radius 3 is 2.80 bits per heavy atom. The summed E-state index contributed by atoms with van der Waals surface area (Å²) in [5, 5.41) is 12.2. The number of hydrogen-bond donors (Lipinski definition) is 2. The Kier molecular flexibility index (Phi) is 3.05. The number of pyridine rings is 1. The molecule has 5 heteroatoms. The third kappa shape index (κ3) is 2.20. The van der Waals surface area contributed by atoms with Crippen LogP contribution in [0.15, 0.2) is 29.9 Å². The van der Waals surface area contributed by atoms with E-state index in [2.05, 4.69) is 9.97 Å². The molecule has 2 aromatic rings. The first-order valence-corrected chi connectivity index (χ1v) is 5.43. The molecule has 0 bridgehead atoms. The van der Waals surface area contributed by atoms with Crippen molar-refractivity contribution in [3.05, 3.63) is 35.6 Å². The lowest BCUT2D eigenvalue weighted by atomic mass is 10.2. The Morgan fingerprint density at radius 1 is 1.40 bits per heavy atom. The first-order chi connectivity index (χ1) is 7.31. The molecular weight excluding hydrogens is 210 g/mol. The van der Waals surface area contributed by atoms with E-state index < -0.39 is 6.10 Å². The van der Waals surface area contributed by atoms with Crippen LogP contribution in [0, 0.1) is 0 Å². The first-order valence-electron chi connectivity index (χ1n) is 4.55. The largest absolute Gasteiger partial charge is 0.385 e. The second-order valence-corrected chi connectivity index (χ2v) is 3.92. The zero-order valence-electron chi connectivity index (χ0n) is 8.00. The number of hydrogen-bond acceptors (Lipinski definition) is 5. The van der Waals surface area contributed by atoms with Crippen molar-refractivity contribution in [2.24, 2.45) is 5.73 Å². The summed E-state index contributed by atoms with van der Waals surface area (Å²) in [7, 11) is 0. The fourth-order valence-corrected chi connectivity index (χ4v) is 2.06. The highest BCUT2D eigenvalue weighted by Crippen LogP contribution is 2.25. The minimum Gasteiger partial charge on any atom is -0.385 e. The predicted molar refractivity (Wildman–Crippen MR) is 59.4 cm³/mol. The molecule has 0 aromatic carbocycles. The Morgan fingerprint density at radius 2 is 2.13 bits per heavy atom. The third-order valence-electron chi connectivity index (χ3n) is 2.01. The molecule has 3 N–H and O–H groups in total. The van der Waals surface area contributed by atoms with Gasteiger partial charge in [0.1, 0.15) is 11.1 Å². The van der Waals surface area contributed by atoms with Gasteiger partial charge < -0.3 is 10.8 Å². The van der Waals surface area contributed by atoms with Gasteiger partial charge in [0.2, 0.25) is 0 Å². The normalized spacial score (nSPS) is 12.7. The number of thiazole rings is 1. The summed E-state index contributed by atoms with van der Waals surface area (Å²) in [6.45, 7) is 0.194. The summed E-state index contributed by atoms with van der Waals surface area (Å²) in [5.41, 5.74) is 7.00. The van der Waals surface area contributed by atoms with Gasteiger partial charge in [0.15, 0.2) is 0 Å². The molecule has 0 spiro atoms. The SMILES string of the molecule is NCC(O)c1csc(-c2ccncc2)n1. The Balaban J connectivity index is 2.28. The van der Waals surface area contributed by atoms with E-state index >= 15 is 0 Å². The molecule has 2 rings (SSSR count). The summed E-state index contributed by atoms with van der Waals surface area (Å²) in [5.74, 6) is 0. The van der Waals surface area contributed by atoms with Crippen LogP contribution in [0.3, 0.4) is 0 Å². The zero-order valence-corrected chi connectivity index (χ0v) is 8.81. The van der Waals surface area contributed by atoms with Crippen molar-refractivity contribution in [1.82, 2.24) is 9.97 Å². The van der Waals surface area contributed by atoms with Crippen molar-refractivity contribution in [2.45, 2.75) is 6.10 Å². The maximum absolute atomic E-state index is 9.50. The van der Waals surface area contributed by atoms with Crippen molar-refractivity contribution in [3.63, 3.8) is 0 Å². The molecule has 0 aliphatic rings. The van der Waals surface area contributed by atoms with Gasteiger partial charge in [-0.15, -0.1) is 11.3 Å². The van der Waals surface area contributed by atoms with Gasteiger partial charge in [-0.25, -0.2) is 4.98 Å². The molecule has 2 aromatic heterocycles. The zero-order chi connectivity index (χ0) is 10.7. The first kappa shape index (κ1) is 10.2. The Bertz CT molecular complexity index is 429. The number of rotatable bonds is 3. The molecule has 15 heavy (non-hydrogen) atoms. The summed E-state index contributed by atoms with van der Waals surface area (Å²) >= 11 is 1.49. The van der Waals surface area contributed by atoms with Crippen LogP contribution in [0.4, 0.5) is 0 Å². The van der Waals surface area contributed by atoms with Gasteiger partial charge in [-0.3, -0.25) is 4.98 Å². The molecular formula is C10H11N3OS. The average Bonchev–Trinajstić information content (AvgIpc) is 2.78. The maximum Gasteiger partial charge on any atom is 0.123 e. The molecule has 0 saturated carbocycles. The van der Waals surface area contributed by atoms with E-state index in [9.17, 15) is 5.11 Å². The van der Waals surface area contributed by atoms with E-state index in [-0.39, 0.29) is 6.54 Å². The molecule has 0 amide bonds. The van der Waals surface area contributed by atoms with Gasteiger partial charge in [-0.1, -0.05) is 0 Å². The van der Waals surface area contributed by atoms with Crippen molar-refractivity contribution in [1.29, 1.82) is 0 Å². The van der Waals surface area contributed by atoms with Crippen LogP contribution in [-0.2, 0) is 0 Å². The van der Waals surface area contributed by atoms with Gasteiger partial charge in [-0.05, 0) is 12.1 Å². The smallest absolute Gasteiger partial charge is 0.123 e. The van der Waals surface area contributed by atoms with E-state index in [1.807, 2.05) is 17.5 Å². The summed E-state index contributed by atoms with van der Waals surface area (Å²) < 4.78 is 0. The van der Waals surface area contributed by atoms with E-state index in [1.54, 1.807) is 12.4 Å². The highest BCUT2D eigenvalue weighted by atomic mass is 32.1. The van der Waals surface area contributed by atoms with Crippen LogP contribution in [0.5, 0.6) is 0 Å². The molecule has 0 aliphatic carbocycles. The van der Waals surface area contributed by atoms with Gasteiger partial charge in [0.25, 0.3) is 0 Å². The third-order valence-corrected chi connectivity index (χ3v) is 2.92. The molecule has 0 saturated heterocycles. The number of aromatic nitrogens is 2. The molecule has 78 valence electrons. The van der Waals surface area contributed by atoms with Crippen LogP contribution in [-0.4, -0.2) is 21.6 Å². The Hall–Kier alpha value is -1.30.